The predicted octanol–water partition coefficient (Wildman–Crippen LogP) is 1.46. The van der Waals surface area contributed by atoms with Gasteiger partial charge in [-0.3, -0.25) is 15.0 Å². The number of alkyl halides is 2. The molecule has 1 atom stereocenters. The molecule has 4 nitrogen and oxygen atoms in total. The first-order valence-corrected chi connectivity index (χ1v) is 8.19. The molecule has 2 heterocycles. The maximum absolute atomic E-state index is 13.2. The molecule has 120 valence electrons. The minimum Gasteiger partial charge on any atom is -0.339 e. The molecule has 3 fully saturated rings. The average molecular weight is 301 g/mol. The number of rotatable bonds is 2. The molecule has 1 amide bonds. The van der Waals surface area contributed by atoms with E-state index in [-0.39, 0.29) is 18.9 Å². The summed E-state index contributed by atoms with van der Waals surface area (Å²) in [5.41, 5.74) is 0. The zero-order chi connectivity index (χ0) is 14.9. The fourth-order valence-corrected chi connectivity index (χ4v) is 3.86. The molecular formula is C15H25F2N3O. The van der Waals surface area contributed by atoms with Crippen LogP contribution in [-0.4, -0.2) is 66.4 Å². The quantitative estimate of drug-likeness (QED) is 0.839. The first kappa shape index (κ1) is 15.2. The highest BCUT2D eigenvalue weighted by atomic mass is 19.3. The van der Waals surface area contributed by atoms with Crippen molar-refractivity contribution in [2.45, 2.75) is 56.5 Å². The summed E-state index contributed by atoms with van der Waals surface area (Å²) in [5, 5.41) is 2.66. The van der Waals surface area contributed by atoms with E-state index in [0.29, 0.717) is 19.1 Å². The summed E-state index contributed by atoms with van der Waals surface area (Å²) in [6, 6.07) is -0.0221. The van der Waals surface area contributed by atoms with Gasteiger partial charge in [-0.2, -0.15) is 0 Å². The second-order valence-electron chi connectivity index (χ2n) is 6.65. The normalized spacial score (nSPS) is 31.5. The van der Waals surface area contributed by atoms with E-state index in [1.54, 1.807) is 4.90 Å². The number of amides is 1. The van der Waals surface area contributed by atoms with Crippen molar-refractivity contribution < 1.29 is 13.6 Å². The Labute approximate surface area is 124 Å². The van der Waals surface area contributed by atoms with Crippen LogP contribution in [0.1, 0.15) is 38.5 Å². The number of halogens is 2. The van der Waals surface area contributed by atoms with Crippen molar-refractivity contribution in [3.05, 3.63) is 0 Å². The molecule has 1 aliphatic carbocycles. The smallest absolute Gasteiger partial charge is 0.262 e. The second-order valence-corrected chi connectivity index (χ2v) is 6.65. The monoisotopic (exact) mass is 301 g/mol. The number of carbonyl (C=O) groups is 1. The summed E-state index contributed by atoms with van der Waals surface area (Å²) in [5.74, 6) is -2.87. The van der Waals surface area contributed by atoms with Crippen LogP contribution in [0.15, 0.2) is 0 Å². The summed E-state index contributed by atoms with van der Waals surface area (Å²) in [6.45, 7) is 2.77. The van der Waals surface area contributed by atoms with Crippen molar-refractivity contribution in [1.82, 2.24) is 15.1 Å². The Morgan fingerprint density at radius 2 is 1.71 bits per heavy atom. The molecule has 0 aromatic heterocycles. The van der Waals surface area contributed by atoms with Crippen molar-refractivity contribution in [3.63, 3.8) is 0 Å². The largest absolute Gasteiger partial charge is 0.339 e. The Kier molecular flexibility index (Phi) is 4.45. The molecule has 3 aliphatic rings. The van der Waals surface area contributed by atoms with Crippen LogP contribution >= 0.6 is 0 Å². The molecule has 3 rings (SSSR count). The molecule has 1 unspecified atom stereocenters. The van der Waals surface area contributed by atoms with E-state index in [2.05, 4.69) is 10.2 Å². The van der Waals surface area contributed by atoms with E-state index < -0.39 is 12.0 Å². The van der Waals surface area contributed by atoms with Crippen LogP contribution < -0.4 is 5.32 Å². The third-order valence-corrected chi connectivity index (χ3v) is 5.12. The Morgan fingerprint density at radius 3 is 2.29 bits per heavy atom. The van der Waals surface area contributed by atoms with Gasteiger partial charge < -0.3 is 4.90 Å². The van der Waals surface area contributed by atoms with Crippen LogP contribution in [0.2, 0.25) is 0 Å². The molecular weight excluding hydrogens is 276 g/mol. The van der Waals surface area contributed by atoms with E-state index in [4.69, 9.17) is 0 Å². The van der Waals surface area contributed by atoms with Gasteiger partial charge in [0.05, 0.1) is 12.6 Å². The van der Waals surface area contributed by atoms with Gasteiger partial charge in [0.25, 0.3) is 5.92 Å². The summed E-state index contributed by atoms with van der Waals surface area (Å²) in [7, 11) is 0. The summed E-state index contributed by atoms with van der Waals surface area (Å²) in [6.07, 6.45) is 6.15. The van der Waals surface area contributed by atoms with Gasteiger partial charge in [-0.25, -0.2) is 8.78 Å². The van der Waals surface area contributed by atoms with Crippen molar-refractivity contribution >= 4 is 5.91 Å². The van der Waals surface area contributed by atoms with E-state index in [1.807, 2.05) is 0 Å². The fraction of sp³-hybridized carbons (Fsp3) is 0.933. The standard InChI is InChI=1S/C15H25F2N3O/c16-15(17)10-13(18-11-15)14(21)20-8-6-19(7-9-20)12-4-2-1-3-5-12/h12-13,18H,1-11H2. The Hall–Kier alpha value is -0.750. The molecule has 2 aliphatic heterocycles. The van der Waals surface area contributed by atoms with Crippen LogP contribution in [0.25, 0.3) is 0 Å². The molecule has 2 saturated heterocycles. The minimum atomic E-state index is -2.73. The summed E-state index contributed by atoms with van der Waals surface area (Å²) < 4.78 is 26.4. The fourth-order valence-electron chi connectivity index (χ4n) is 3.86. The molecule has 0 bridgehead atoms. The molecule has 1 N–H and O–H groups in total. The minimum absolute atomic E-state index is 0.143. The Morgan fingerprint density at radius 1 is 1.05 bits per heavy atom. The number of hydrogen-bond acceptors (Lipinski definition) is 3. The number of carbonyl (C=O) groups excluding carboxylic acids is 1. The lowest BCUT2D eigenvalue weighted by Gasteiger charge is -2.41. The van der Waals surface area contributed by atoms with Gasteiger partial charge >= 0.3 is 0 Å². The first-order valence-electron chi connectivity index (χ1n) is 8.19. The van der Waals surface area contributed by atoms with Gasteiger partial charge in [0, 0.05) is 38.6 Å². The average Bonchev–Trinajstić information content (AvgIpc) is 2.88. The highest BCUT2D eigenvalue weighted by Gasteiger charge is 2.44. The van der Waals surface area contributed by atoms with Gasteiger partial charge in [-0.1, -0.05) is 19.3 Å². The van der Waals surface area contributed by atoms with Gasteiger partial charge in [0.2, 0.25) is 5.91 Å². The van der Waals surface area contributed by atoms with Crippen molar-refractivity contribution in [1.29, 1.82) is 0 Å². The molecule has 1 saturated carbocycles. The number of piperazine rings is 1. The van der Waals surface area contributed by atoms with Crippen molar-refractivity contribution in [3.8, 4) is 0 Å². The summed E-state index contributed by atoms with van der Waals surface area (Å²) in [4.78, 5) is 16.5. The maximum Gasteiger partial charge on any atom is 0.262 e. The zero-order valence-electron chi connectivity index (χ0n) is 12.5. The third-order valence-electron chi connectivity index (χ3n) is 5.12. The first-order chi connectivity index (χ1) is 10.1. The number of nitrogens with zero attached hydrogens (tertiary/aromatic N) is 2. The SMILES string of the molecule is O=C(C1CC(F)(F)CN1)N1CCN(C2CCCCC2)CC1. The highest BCUT2D eigenvalue weighted by Crippen LogP contribution is 2.27. The predicted molar refractivity (Wildman–Crippen MR) is 76.4 cm³/mol. The van der Waals surface area contributed by atoms with Gasteiger partial charge in [0.1, 0.15) is 0 Å². The molecule has 21 heavy (non-hydrogen) atoms. The van der Waals surface area contributed by atoms with Gasteiger partial charge in [-0.05, 0) is 12.8 Å². The Balaban J connectivity index is 1.48. The number of hydrogen-bond donors (Lipinski definition) is 1. The molecule has 6 heteroatoms. The van der Waals surface area contributed by atoms with Crippen molar-refractivity contribution in [2.75, 3.05) is 32.7 Å². The third kappa shape index (κ3) is 3.54. The lowest BCUT2D eigenvalue weighted by atomic mass is 9.94. The van der Waals surface area contributed by atoms with Crippen molar-refractivity contribution in [2.24, 2.45) is 0 Å². The zero-order valence-corrected chi connectivity index (χ0v) is 12.5. The summed E-state index contributed by atoms with van der Waals surface area (Å²) >= 11 is 0. The molecule has 0 radical (unpaired) electrons. The maximum atomic E-state index is 13.2. The van der Waals surface area contributed by atoms with Crippen LogP contribution in [0.4, 0.5) is 8.78 Å². The molecule has 0 aromatic carbocycles. The lowest BCUT2D eigenvalue weighted by Crippen LogP contribution is -2.55. The van der Waals surface area contributed by atoms with Crippen LogP contribution in [0.5, 0.6) is 0 Å². The van der Waals surface area contributed by atoms with Gasteiger partial charge in [-0.15, -0.1) is 0 Å². The van der Waals surface area contributed by atoms with Crippen LogP contribution in [0.3, 0.4) is 0 Å². The van der Waals surface area contributed by atoms with Gasteiger partial charge in [0.15, 0.2) is 0 Å². The van der Waals surface area contributed by atoms with E-state index in [1.165, 1.54) is 32.1 Å². The van der Waals surface area contributed by atoms with E-state index in [0.717, 1.165) is 13.1 Å². The van der Waals surface area contributed by atoms with Crippen LogP contribution in [-0.2, 0) is 4.79 Å². The highest BCUT2D eigenvalue weighted by molar-refractivity contribution is 5.82. The topological polar surface area (TPSA) is 35.6 Å². The number of nitrogens with one attached hydrogen (secondary N) is 1. The van der Waals surface area contributed by atoms with E-state index >= 15 is 0 Å². The Bertz CT molecular complexity index is 377. The molecule has 0 spiro atoms. The van der Waals surface area contributed by atoms with E-state index in [9.17, 15) is 13.6 Å². The molecule has 0 aromatic rings. The van der Waals surface area contributed by atoms with Crippen LogP contribution in [0, 0.1) is 0 Å². The lowest BCUT2D eigenvalue weighted by molar-refractivity contribution is -0.135. The second kappa shape index (κ2) is 6.16.